The van der Waals surface area contributed by atoms with Crippen molar-refractivity contribution in [2.75, 3.05) is 0 Å². The summed E-state index contributed by atoms with van der Waals surface area (Å²) < 4.78 is 13.2. The molecule has 0 unspecified atom stereocenters. The third-order valence-electron chi connectivity index (χ3n) is 1.97. The normalized spacial score (nSPS) is 10.4. The van der Waals surface area contributed by atoms with E-state index in [-0.39, 0.29) is 5.56 Å². The van der Waals surface area contributed by atoms with Crippen LogP contribution in [0.2, 0.25) is 0 Å². The lowest BCUT2D eigenvalue weighted by atomic mass is 10.1. The van der Waals surface area contributed by atoms with Gasteiger partial charge in [-0.25, -0.2) is 4.39 Å². The van der Waals surface area contributed by atoms with Gasteiger partial charge in [0.05, 0.1) is 5.52 Å². The molecule has 14 heavy (non-hydrogen) atoms. The van der Waals surface area contributed by atoms with Gasteiger partial charge in [-0.3, -0.25) is 9.78 Å². The second-order valence-electron chi connectivity index (χ2n) is 2.86. The van der Waals surface area contributed by atoms with Crippen molar-refractivity contribution < 1.29 is 9.18 Å². The van der Waals surface area contributed by atoms with Gasteiger partial charge in [0.15, 0.2) is 0 Å². The van der Waals surface area contributed by atoms with Crippen molar-refractivity contribution in [2.45, 2.75) is 0 Å². The van der Waals surface area contributed by atoms with Crippen molar-refractivity contribution in [3.63, 3.8) is 0 Å². The molecule has 1 aromatic carbocycles. The molecule has 0 saturated carbocycles. The van der Waals surface area contributed by atoms with E-state index in [9.17, 15) is 9.18 Å². The first kappa shape index (κ1) is 8.62. The van der Waals surface area contributed by atoms with Crippen molar-refractivity contribution in [1.82, 2.24) is 4.98 Å². The number of halogens is 1. The zero-order valence-electron chi connectivity index (χ0n) is 7.20. The average molecular weight is 190 g/mol. The molecule has 0 aliphatic heterocycles. The van der Waals surface area contributed by atoms with E-state index in [0.29, 0.717) is 10.9 Å². The van der Waals surface area contributed by atoms with Crippen molar-refractivity contribution in [3.05, 3.63) is 41.8 Å². The number of rotatable bonds is 1. The number of aromatic nitrogens is 1. The predicted octanol–water partition coefficient (Wildman–Crippen LogP) is 1.47. The van der Waals surface area contributed by atoms with Crippen molar-refractivity contribution in [2.24, 2.45) is 5.73 Å². The number of carbonyl (C=O) groups is 1. The summed E-state index contributed by atoms with van der Waals surface area (Å²) >= 11 is 0. The standard InChI is InChI=1S/C10H7FN2O/c11-7-4-3-6-2-1-5-13-9(6)8(7)10(12)14/h1-5H,(H2,12,14). The molecule has 0 bridgehead atoms. The molecule has 3 nitrogen and oxygen atoms in total. The molecule has 70 valence electrons. The van der Waals surface area contributed by atoms with Crippen molar-refractivity contribution >= 4 is 16.8 Å². The minimum absolute atomic E-state index is 0.150. The molecule has 2 N–H and O–H groups in total. The van der Waals surface area contributed by atoms with Gasteiger partial charge in [0, 0.05) is 11.6 Å². The van der Waals surface area contributed by atoms with Crippen LogP contribution in [0.1, 0.15) is 10.4 Å². The molecular formula is C10H7FN2O. The maximum absolute atomic E-state index is 13.2. The van der Waals surface area contributed by atoms with Gasteiger partial charge in [-0.05, 0) is 18.2 Å². The van der Waals surface area contributed by atoms with Gasteiger partial charge in [-0.2, -0.15) is 0 Å². The van der Waals surface area contributed by atoms with Crippen LogP contribution in [-0.2, 0) is 0 Å². The Labute approximate surface area is 79.4 Å². The SMILES string of the molecule is NC(=O)c1c(F)ccc2cccnc12. The molecule has 4 heteroatoms. The number of amides is 1. The Hall–Kier alpha value is -1.97. The maximum Gasteiger partial charge on any atom is 0.253 e. The molecule has 0 radical (unpaired) electrons. The van der Waals surface area contributed by atoms with Gasteiger partial charge in [-0.15, -0.1) is 0 Å². The highest BCUT2D eigenvalue weighted by molar-refractivity contribution is 6.04. The zero-order valence-corrected chi connectivity index (χ0v) is 7.20. The van der Waals surface area contributed by atoms with E-state index >= 15 is 0 Å². The van der Waals surface area contributed by atoms with Crippen LogP contribution in [-0.4, -0.2) is 10.9 Å². The number of nitrogens with two attached hydrogens (primary N) is 1. The molecule has 1 heterocycles. The predicted molar refractivity (Wildman–Crippen MR) is 50.2 cm³/mol. The number of pyridine rings is 1. The lowest BCUT2D eigenvalue weighted by molar-refractivity contribution is 0.0998. The van der Waals surface area contributed by atoms with Crippen LogP contribution in [0.25, 0.3) is 10.9 Å². The van der Waals surface area contributed by atoms with Gasteiger partial charge in [0.25, 0.3) is 5.91 Å². The molecule has 0 fully saturated rings. The van der Waals surface area contributed by atoms with E-state index in [0.717, 1.165) is 0 Å². The summed E-state index contributed by atoms with van der Waals surface area (Å²) in [7, 11) is 0. The molecule has 0 atom stereocenters. The van der Waals surface area contributed by atoms with E-state index in [1.54, 1.807) is 18.2 Å². The summed E-state index contributed by atoms with van der Waals surface area (Å²) in [5.41, 5.74) is 5.22. The first-order valence-corrected chi connectivity index (χ1v) is 4.03. The second-order valence-corrected chi connectivity index (χ2v) is 2.86. The van der Waals surface area contributed by atoms with E-state index in [1.165, 1.54) is 12.3 Å². The highest BCUT2D eigenvalue weighted by Crippen LogP contribution is 2.18. The average Bonchev–Trinajstić information content (AvgIpc) is 2.17. The monoisotopic (exact) mass is 190 g/mol. The van der Waals surface area contributed by atoms with Crippen molar-refractivity contribution in [1.29, 1.82) is 0 Å². The Kier molecular flexibility index (Phi) is 1.89. The Morgan fingerprint density at radius 3 is 2.86 bits per heavy atom. The van der Waals surface area contributed by atoms with Crippen molar-refractivity contribution in [3.8, 4) is 0 Å². The maximum atomic E-state index is 13.2. The highest BCUT2D eigenvalue weighted by Gasteiger charge is 2.12. The van der Waals surface area contributed by atoms with Crippen LogP contribution in [0.4, 0.5) is 4.39 Å². The second kappa shape index (κ2) is 3.06. The van der Waals surface area contributed by atoms with E-state index in [4.69, 9.17) is 5.73 Å². The summed E-state index contributed by atoms with van der Waals surface area (Å²) in [6, 6.07) is 6.23. The molecule has 0 saturated heterocycles. The molecular weight excluding hydrogens is 183 g/mol. The number of nitrogens with zero attached hydrogens (tertiary/aromatic N) is 1. The zero-order chi connectivity index (χ0) is 10.1. The fraction of sp³-hybridized carbons (Fsp3) is 0. The summed E-state index contributed by atoms with van der Waals surface area (Å²) in [6.45, 7) is 0. The van der Waals surface area contributed by atoms with Crippen LogP contribution in [0.15, 0.2) is 30.5 Å². The molecule has 1 aromatic heterocycles. The van der Waals surface area contributed by atoms with Gasteiger partial charge < -0.3 is 5.73 Å². The van der Waals surface area contributed by atoms with Gasteiger partial charge in [-0.1, -0.05) is 6.07 Å². The topological polar surface area (TPSA) is 56.0 Å². The summed E-state index contributed by atoms with van der Waals surface area (Å²) in [6.07, 6.45) is 1.49. The number of hydrogen-bond acceptors (Lipinski definition) is 2. The van der Waals surface area contributed by atoms with E-state index < -0.39 is 11.7 Å². The van der Waals surface area contributed by atoms with Gasteiger partial charge >= 0.3 is 0 Å². The molecule has 2 aromatic rings. The number of hydrogen-bond donors (Lipinski definition) is 1. The highest BCUT2D eigenvalue weighted by atomic mass is 19.1. The largest absolute Gasteiger partial charge is 0.365 e. The number of benzene rings is 1. The van der Waals surface area contributed by atoms with Crippen LogP contribution >= 0.6 is 0 Å². The fourth-order valence-electron chi connectivity index (χ4n) is 1.35. The molecule has 0 spiro atoms. The molecule has 2 rings (SSSR count). The Balaban J connectivity index is 2.90. The van der Waals surface area contributed by atoms with Crippen LogP contribution in [0, 0.1) is 5.82 Å². The lowest BCUT2D eigenvalue weighted by Gasteiger charge is -2.02. The first-order valence-electron chi connectivity index (χ1n) is 4.03. The Bertz CT molecular complexity index is 510. The summed E-state index contributed by atoms with van der Waals surface area (Å²) in [5, 5.41) is 0.697. The fourth-order valence-corrected chi connectivity index (χ4v) is 1.35. The number of primary amides is 1. The summed E-state index contributed by atoms with van der Waals surface area (Å²) in [5.74, 6) is -1.43. The van der Waals surface area contributed by atoms with E-state index in [2.05, 4.69) is 4.98 Å². The quantitative estimate of drug-likeness (QED) is 0.740. The van der Waals surface area contributed by atoms with Gasteiger partial charge in [0.1, 0.15) is 11.4 Å². The molecule has 0 aliphatic carbocycles. The van der Waals surface area contributed by atoms with Crippen LogP contribution in [0.5, 0.6) is 0 Å². The Morgan fingerprint density at radius 2 is 2.14 bits per heavy atom. The van der Waals surface area contributed by atoms with Crippen LogP contribution < -0.4 is 5.73 Å². The number of fused-ring (bicyclic) bond motifs is 1. The van der Waals surface area contributed by atoms with Crippen LogP contribution in [0.3, 0.4) is 0 Å². The minimum atomic E-state index is -0.799. The third-order valence-corrected chi connectivity index (χ3v) is 1.97. The summed E-state index contributed by atoms with van der Waals surface area (Å²) in [4.78, 5) is 14.9. The minimum Gasteiger partial charge on any atom is -0.365 e. The molecule has 0 aliphatic rings. The smallest absolute Gasteiger partial charge is 0.253 e. The number of carbonyl (C=O) groups excluding carboxylic acids is 1. The Morgan fingerprint density at radius 1 is 1.36 bits per heavy atom. The lowest BCUT2D eigenvalue weighted by Crippen LogP contribution is -2.14. The third kappa shape index (κ3) is 1.21. The van der Waals surface area contributed by atoms with Gasteiger partial charge in [0.2, 0.25) is 0 Å². The molecule has 1 amide bonds. The van der Waals surface area contributed by atoms with E-state index in [1.807, 2.05) is 0 Å². The first-order chi connectivity index (χ1) is 6.70.